The Balaban J connectivity index is 2.14. The SMILES string of the molecule is CC(C)CCN=C(N)NCCSc1ccc(F)cc1. The number of nitrogens with two attached hydrogens (primary N) is 1. The van der Waals surface area contributed by atoms with Crippen LogP contribution in [0.15, 0.2) is 34.2 Å². The summed E-state index contributed by atoms with van der Waals surface area (Å²) < 4.78 is 12.7. The van der Waals surface area contributed by atoms with Crippen molar-refractivity contribution in [3.8, 4) is 0 Å². The maximum Gasteiger partial charge on any atom is 0.188 e. The Labute approximate surface area is 118 Å². The summed E-state index contributed by atoms with van der Waals surface area (Å²) >= 11 is 1.66. The van der Waals surface area contributed by atoms with Crippen LogP contribution < -0.4 is 11.1 Å². The lowest BCUT2D eigenvalue weighted by molar-refractivity contribution is 0.596. The topological polar surface area (TPSA) is 50.4 Å². The molecule has 0 amide bonds. The Morgan fingerprint density at radius 2 is 2.05 bits per heavy atom. The van der Waals surface area contributed by atoms with Crippen LogP contribution in [0.5, 0.6) is 0 Å². The Morgan fingerprint density at radius 3 is 2.68 bits per heavy atom. The maximum atomic E-state index is 12.7. The monoisotopic (exact) mass is 283 g/mol. The van der Waals surface area contributed by atoms with Crippen molar-refractivity contribution in [1.29, 1.82) is 0 Å². The highest BCUT2D eigenvalue weighted by Gasteiger charge is 1.96. The number of benzene rings is 1. The summed E-state index contributed by atoms with van der Waals surface area (Å²) in [4.78, 5) is 5.30. The van der Waals surface area contributed by atoms with Crippen molar-refractivity contribution in [1.82, 2.24) is 5.32 Å². The quantitative estimate of drug-likeness (QED) is 0.350. The summed E-state index contributed by atoms with van der Waals surface area (Å²) in [5.74, 6) is 1.81. The van der Waals surface area contributed by atoms with Crippen molar-refractivity contribution in [2.75, 3.05) is 18.8 Å². The minimum Gasteiger partial charge on any atom is -0.370 e. The number of rotatable bonds is 7. The molecule has 5 heteroatoms. The summed E-state index contributed by atoms with van der Waals surface area (Å²) in [7, 11) is 0. The van der Waals surface area contributed by atoms with Gasteiger partial charge in [0.25, 0.3) is 0 Å². The molecule has 19 heavy (non-hydrogen) atoms. The summed E-state index contributed by atoms with van der Waals surface area (Å²) in [6.07, 6.45) is 1.05. The molecule has 3 nitrogen and oxygen atoms in total. The first kappa shape index (κ1) is 15.8. The predicted octanol–water partition coefficient (Wildman–Crippen LogP) is 2.87. The lowest BCUT2D eigenvalue weighted by atomic mass is 10.1. The van der Waals surface area contributed by atoms with Crippen molar-refractivity contribution in [3.63, 3.8) is 0 Å². The van der Waals surface area contributed by atoms with Crippen molar-refractivity contribution in [2.24, 2.45) is 16.6 Å². The molecule has 0 spiro atoms. The highest BCUT2D eigenvalue weighted by molar-refractivity contribution is 7.99. The van der Waals surface area contributed by atoms with Gasteiger partial charge in [-0.1, -0.05) is 13.8 Å². The van der Waals surface area contributed by atoms with Gasteiger partial charge in [-0.2, -0.15) is 0 Å². The third kappa shape index (κ3) is 7.72. The maximum absolute atomic E-state index is 12.7. The fourth-order valence-corrected chi connectivity index (χ4v) is 2.15. The van der Waals surface area contributed by atoms with Crippen LogP contribution in [-0.4, -0.2) is 24.8 Å². The molecule has 0 aliphatic rings. The number of aliphatic imine (C=N–C) groups is 1. The number of halogens is 1. The van der Waals surface area contributed by atoms with Gasteiger partial charge in [0.1, 0.15) is 5.82 Å². The fourth-order valence-electron chi connectivity index (χ4n) is 1.38. The summed E-state index contributed by atoms with van der Waals surface area (Å²) in [5.41, 5.74) is 5.74. The van der Waals surface area contributed by atoms with Gasteiger partial charge in [-0.05, 0) is 36.6 Å². The molecule has 0 aromatic heterocycles. The number of thioether (sulfide) groups is 1. The molecule has 0 heterocycles. The van der Waals surface area contributed by atoms with E-state index in [9.17, 15) is 4.39 Å². The van der Waals surface area contributed by atoms with Gasteiger partial charge in [-0.15, -0.1) is 11.8 Å². The minimum atomic E-state index is -0.205. The number of hydrogen-bond acceptors (Lipinski definition) is 2. The van der Waals surface area contributed by atoms with Gasteiger partial charge < -0.3 is 11.1 Å². The van der Waals surface area contributed by atoms with Crippen LogP contribution in [0.25, 0.3) is 0 Å². The van der Waals surface area contributed by atoms with E-state index in [4.69, 9.17) is 5.73 Å². The highest BCUT2D eigenvalue weighted by atomic mass is 32.2. The fraction of sp³-hybridized carbons (Fsp3) is 0.500. The van der Waals surface area contributed by atoms with Crippen LogP contribution in [0.4, 0.5) is 4.39 Å². The first-order chi connectivity index (χ1) is 9.08. The second kappa shape index (κ2) is 8.80. The average molecular weight is 283 g/mol. The Morgan fingerprint density at radius 1 is 1.37 bits per heavy atom. The Bertz CT molecular complexity index is 390. The normalized spacial score (nSPS) is 11.9. The molecule has 0 unspecified atom stereocenters. The molecule has 0 saturated carbocycles. The molecule has 0 aliphatic heterocycles. The van der Waals surface area contributed by atoms with Crippen LogP contribution in [0, 0.1) is 11.7 Å². The molecule has 0 atom stereocenters. The number of nitrogens with zero attached hydrogens (tertiary/aromatic N) is 1. The average Bonchev–Trinajstić information content (AvgIpc) is 2.36. The first-order valence-electron chi connectivity index (χ1n) is 6.50. The second-order valence-electron chi connectivity index (χ2n) is 4.68. The van der Waals surface area contributed by atoms with Crippen LogP contribution >= 0.6 is 11.8 Å². The van der Waals surface area contributed by atoms with Gasteiger partial charge in [0.15, 0.2) is 5.96 Å². The van der Waals surface area contributed by atoms with Crippen molar-refractivity contribution in [3.05, 3.63) is 30.1 Å². The lowest BCUT2D eigenvalue weighted by Crippen LogP contribution is -2.33. The molecule has 3 N–H and O–H groups in total. The van der Waals surface area contributed by atoms with Gasteiger partial charge in [-0.3, -0.25) is 4.99 Å². The predicted molar refractivity (Wildman–Crippen MR) is 81.1 cm³/mol. The molecular weight excluding hydrogens is 261 g/mol. The molecule has 0 bridgehead atoms. The number of nitrogens with one attached hydrogen (secondary N) is 1. The molecule has 106 valence electrons. The van der Waals surface area contributed by atoms with Crippen LogP contribution in [0.2, 0.25) is 0 Å². The molecular formula is C14H22FN3S. The molecule has 0 saturated heterocycles. The van der Waals surface area contributed by atoms with Crippen molar-refractivity contribution >= 4 is 17.7 Å². The molecule has 1 rings (SSSR count). The molecule has 1 aromatic carbocycles. The Kier molecular flexibility index (Phi) is 7.33. The molecule has 0 aliphatic carbocycles. The third-order valence-electron chi connectivity index (χ3n) is 2.48. The van der Waals surface area contributed by atoms with Crippen LogP contribution in [-0.2, 0) is 0 Å². The zero-order chi connectivity index (χ0) is 14.1. The molecule has 1 aromatic rings. The van der Waals surface area contributed by atoms with Gasteiger partial charge in [-0.25, -0.2) is 4.39 Å². The van der Waals surface area contributed by atoms with E-state index in [0.29, 0.717) is 11.9 Å². The number of hydrogen-bond donors (Lipinski definition) is 2. The number of guanidine groups is 1. The second-order valence-corrected chi connectivity index (χ2v) is 5.85. The van der Waals surface area contributed by atoms with E-state index in [1.807, 2.05) is 0 Å². The Hall–Kier alpha value is -1.23. The van der Waals surface area contributed by atoms with E-state index < -0.39 is 0 Å². The van der Waals surface area contributed by atoms with Gasteiger partial charge in [0.05, 0.1) is 0 Å². The van der Waals surface area contributed by atoms with E-state index in [-0.39, 0.29) is 5.82 Å². The van der Waals surface area contributed by atoms with Crippen LogP contribution in [0.1, 0.15) is 20.3 Å². The highest BCUT2D eigenvalue weighted by Crippen LogP contribution is 2.16. The lowest BCUT2D eigenvalue weighted by Gasteiger charge is -2.06. The van der Waals surface area contributed by atoms with Gasteiger partial charge in [0, 0.05) is 23.7 Å². The van der Waals surface area contributed by atoms with E-state index in [0.717, 1.165) is 30.2 Å². The van der Waals surface area contributed by atoms with Crippen LogP contribution in [0.3, 0.4) is 0 Å². The van der Waals surface area contributed by atoms with Crippen molar-refractivity contribution in [2.45, 2.75) is 25.2 Å². The molecule has 0 fully saturated rings. The first-order valence-corrected chi connectivity index (χ1v) is 7.48. The van der Waals surface area contributed by atoms with Gasteiger partial charge >= 0.3 is 0 Å². The largest absolute Gasteiger partial charge is 0.370 e. The standard InChI is InChI=1S/C14H22FN3S/c1-11(2)7-8-17-14(16)18-9-10-19-13-5-3-12(15)4-6-13/h3-6,11H,7-10H2,1-2H3,(H3,16,17,18). The summed E-state index contributed by atoms with van der Waals surface area (Å²) in [6.45, 7) is 5.84. The minimum absolute atomic E-state index is 0.205. The van der Waals surface area contributed by atoms with E-state index in [2.05, 4.69) is 24.2 Å². The smallest absolute Gasteiger partial charge is 0.188 e. The third-order valence-corrected chi connectivity index (χ3v) is 3.49. The van der Waals surface area contributed by atoms with Gasteiger partial charge in [0.2, 0.25) is 0 Å². The summed E-state index contributed by atoms with van der Waals surface area (Å²) in [6, 6.07) is 6.50. The zero-order valence-corrected chi connectivity index (χ0v) is 12.3. The van der Waals surface area contributed by atoms with E-state index >= 15 is 0 Å². The summed E-state index contributed by atoms with van der Waals surface area (Å²) in [5, 5.41) is 3.07. The zero-order valence-electron chi connectivity index (χ0n) is 11.5. The molecule has 0 radical (unpaired) electrons. The van der Waals surface area contributed by atoms with Crippen molar-refractivity contribution < 1.29 is 4.39 Å². The van der Waals surface area contributed by atoms with E-state index in [1.165, 1.54) is 12.1 Å². The van der Waals surface area contributed by atoms with E-state index in [1.54, 1.807) is 23.9 Å².